The van der Waals surface area contributed by atoms with Crippen LogP contribution in [-0.2, 0) is 46.6 Å². The van der Waals surface area contributed by atoms with Crippen molar-refractivity contribution in [3.05, 3.63) is 120 Å². The van der Waals surface area contributed by atoms with E-state index in [4.69, 9.17) is 15.2 Å². The number of nitrogens with zero attached hydrogens (tertiary/aromatic N) is 2. The van der Waals surface area contributed by atoms with Gasteiger partial charge in [0.2, 0.25) is 23.6 Å². The predicted octanol–water partition coefficient (Wildman–Crippen LogP) is 5.28. The van der Waals surface area contributed by atoms with Crippen LogP contribution in [0.25, 0.3) is 11.1 Å². The molecule has 4 aromatic rings. The Bertz CT molecular complexity index is 2240. The van der Waals surface area contributed by atoms with Gasteiger partial charge in [-0.25, -0.2) is 13.6 Å². The third-order valence-electron chi connectivity index (χ3n) is 9.76. The largest absolute Gasteiger partial charge is 0.460 e. The van der Waals surface area contributed by atoms with Crippen molar-refractivity contribution in [1.29, 1.82) is 0 Å². The molecular formula is C47H58F2N6O9. The van der Waals surface area contributed by atoms with Crippen molar-refractivity contribution in [2.75, 3.05) is 19.7 Å². The highest BCUT2D eigenvalue weighted by Gasteiger charge is 2.37. The Kier molecular flexibility index (Phi) is 17.7. The second-order valence-electron chi connectivity index (χ2n) is 17.3. The number of nitrogens with two attached hydrogens (primary N) is 1. The van der Waals surface area contributed by atoms with Gasteiger partial charge in [-0.05, 0) is 68.0 Å². The van der Waals surface area contributed by atoms with E-state index in [2.05, 4.69) is 16.0 Å². The zero-order valence-electron chi connectivity index (χ0n) is 37.0. The summed E-state index contributed by atoms with van der Waals surface area (Å²) in [6, 6.07) is 19.1. The van der Waals surface area contributed by atoms with Crippen LogP contribution in [0.15, 0.2) is 91.1 Å². The summed E-state index contributed by atoms with van der Waals surface area (Å²) in [5.74, 6) is -5.53. The minimum atomic E-state index is -1.59. The lowest BCUT2D eigenvalue weighted by Gasteiger charge is -2.41. The number of benzene rings is 3. The highest BCUT2D eigenvalue weighted by molar-refractivity contribution is 5.95. The molecule has 3 aromatic carbocycles. The van der Waals surface area contributed by atoms with Gasteiger partial charge in [0.05, 0.1) is 18.9 Å². The molecule has 5 amide bonds. The molecule has 17 heteroatoms. The summed E-state index contributed by atoms with van der Waals surface area (Å²) in [4.78, 5) is 80.0. The first-order valence-corrected chi connectivity index (χ1v) is 20.8. The minimum Gasteiger partial charge on any atom is -0.460 e. The standard InChI is InChI=1S/C47H58F2N6O9/c1-46(2,3)42(38-22-32(34-23-33(48)18-19-35(34)49)27-54(38)26-30-14-9-7-10-15-30)55(40(58)28-56)21-13-20-51-43(60)36(24-39(50)57)52-44(61)37(25-41(59)64-47(4,5)6)53-45(62)63-29-31-16-11-8-12-17-31/h7-12,14-19,22-23,27,36-37,42,56H,13,20-21,24-26,28-29H2,1-6H3,(H2,50,57)(H,51,60)(H,52,61)(H,53,62)/t36-,37-,42-/m0/s1. The minimum absolute atomic E-state index is 0.0123. The fraction of sp³-hybridized carbons (Fsp3) is 0.404. The molecule has 0 bridgehead atoms. The Labute approximate surface area is 371 Å². The molecule has 1 heterocycles. The smallest absolute Gasteiger partial charge is 0.408 e. The van der Waals surface area contributed by atoms with Crippen LogP contribution in [-0.4, -0.2) is 87.6 Å². The van der Waals surface area contributed by atoms with Crippen molar-refractivity contribution < 1.29 is 52.1 Å². The molecule has 64 heavy (non-hydrogen) atoms. The number of hydrogen-bond donors (Lipinski definition) is 5. The summed E-state index contributed by atoms with van der Waals surface area (Å²) in [6.45, 7) is 9.75. The molecule has 0 saturated heterocycles. The summed E-state index contributed by atoms with van der Waals surface area (Å²) < 4.78 is 42.0. The molecular weight excluding hydrogens is 831 g/mol. The molecule has 0 aliphatic rings. The van der Waals surface area contributed by atoms with E-state index in [9.17, 15) is 38.3 Å². The number of carbonyl (C=O) groups is 6. The van der Waals surface area contributed by atoms with Crippen molar-refractivity contribution in [2.24, 2.45) is 11.1 Å². The van der Waals surface area contributed by atoms with E-state index in [1.165, 1.54) is 4.90 Å². The number of carbonyl (C=O) groups excluding carboxylic acids is 6. The number of aromatic nitrogens is 1. The van der Waals surface area contributed by atoms with Crippen LogP contribution in [0.2, 0.25) is 0 Å². The first-order valence-electron chi connectivity index (χ1n) is 20.8. The van der Waals surface area contributed by atoms with Gasteiger partial charge in [-0.2, -0.15) is 0 Å². The van der Waals surface area contributed by atoms with Crippen molar-refractivity contribution in [1.82, 2.24) is 25.4 Å². The number of aliphatic hydroxyl groups is 1. The number of nitrogens with one attached hydrogen (secondary N) is 3. The Morgan fingerprint density at radius 2 is 1.44 bits per heavy atom. The maximum Gasteiger partial charge on any atom is 0.408 e. The number of ether oxygens (including phenoxy) is 2. The number of primary amides is 1. The van der Waals surface area contributed by atoms with Gasteiger partial charge in [-0.3, -0.25) is 24.0 Å². The predicted molar refractivity (Wildman–Crippen MR) is 234 cm³/mol. The van der Waals surface area contributed by atoms with Crippen LogP contribution in [0, 0.1) is 17.0 Å². The van der Waals surface area contributed by atoms with Gasteiger partial charge >= 0.3 is 12.1 Å². The van der Waals surface area contributed by atoms with E-state index >= 15 is 4.39 Å². The zero-order chi connectivity index (χ0) is 47.2. The lowest BCUT2D eigenvalue weighted by Crippen LogP contribution is -2.55. The monoisotopic (exact) mass is 888 g/mol. The second kappa shape index (κ2) is 22.6. The van der Waals surface area contributed by atoms with E-state index < -0.39 is 95.9 Å². The molecule has 0 fully saturated rings. The maximum absolute atomic E-state index is 15.1. The zero-order valence-corrected chi connectivity index (χ0v) is 37.0. The van der Waals surface area contributed by atoms with Crippen molar-refractivity contribution in [3.8, 4) is 11.1 Å². The van der Waals surface area contributed by atoms with E-state index in [0.29, 0.717) is 23.4 Å². The lowest BCUT2D eigenvalue weighted by atomic mass is 9.83. The third kappa shape index (κ3) is 15.3. The molecule has 0 unspecified atom stereocenters. The molecule has 344 valence electrons. The van der Waals surface area contributed by atoms with E-state index in [1.807, 2.05) is 55.7 Å². The number of aliphatic hydroxyl groups excluding tert-OH is 1. The van der Waals surface area contributed by atoms with Crippen LogP contribution in [0.4, 0.5) is 13.6 Å². The third-order valence-corrected chi connectivity index (χ3v) is 9.76. The maximum atomic E-state index is 15.1. The molecule has 1 aromatic heterocycles. The molecule has 4 rings (SSSR count). The number of amides is 5. The van der Waals surface area contributed by atoms with Gasteiger partial charge in [-0.1, -0.05) is 81.4 Å². The number of rotatable bonds is 20. The van der Waals surface area contributed by atoms with Gasteiger partial charge in [0.25, 0.3) is 0 Å². The summed E-state index contributed by atoms with van der Waals surface area (Å²) in [5, 5.41) is 17.6. The second-order valence-corrected chi connectivity index (χ2v) is 17.3. The number of alkyl carbamates (subject to hydrolysis) is 1. The molecule has 0 saturated carbocycles. The molecule has 0 aliphatic heterocycles. The van der Waals surface area contributed by atoms with Crippen LogP contribution < -0.4 is 21.7 Å². The highest BCUT2D eigenvalue weighted by atomic mass is 19.1. The average Bonchev–Trinajstić information content (AvgIpc) is 3.62. The quantitative estimate of drug-likeness (QED) is 0.0576. The van der Waals surface area contributed by atoms with Crippen molar-refractivity contribution >= 4 is 35.7 Å². The summed E-state index contributed by atoms with van der Waals surface area (Å²) in [6.07, 6.45) is -0.532. The molecule has 0 spiro atoms. The lowest BCUT2D eigenvalue weighted by molar-refractivity contribution is -0.156. The van der Waals surface area contributed by atoms with Crippen LogP contribution in [0.3, 0.4) is 0 Å². The Morgan fingerprint density at radius 1 is 0.812 bits per heavy atom. The molecule has 6 N–H and O–H groups in total. The normalized spacial score (nSPS) is 12.9. The number of hydrogen-bond acceptors (Lipinski definition) is 9. The van der Waals surface area contributed by atoms with Crippen LogP contribution in [0.5, 0.6) is 0 Å². The van der Waals surface area contributed by atoms with Gasteiger partial charge < -0.3 is 45.7 Å². The topological polar surface area (TPSA) is 211 Å². The Balaban J connectivity index is 1.54. The molecule has 0 radical (unpaired) electrons. The number of halogens is 2. The molecule has 0 aliphatic carbocycles. The van der Waals surface area contributed by atoms with Crippen LogP contribution in [0.1, 0.15) is 83.7 Å². The van der Waals surface area contributed by atoms with Gasteiger partial charge in [-0.15, -0.1) is 0 Å². The summed E-state index contributed by atoms with van der Waals surface area (Å²) in [5.41, 5.74) is 6.35. The summed E-state index contributed by atoms with van der Waals surface area (Å²) in [7, 11) is 0. The van der Waals surface area contributed by atoms with Crippen molar-refractivity contribution in [3.63, 3.8) is 0 Å². The Morgan fingerprint density at radius 3 is 2.03 bits per heavy atom. The first kappa shape index (κ1) is 50.0. The van der Waals surface area contributed by atoms with Gasteiger partial charge in [0.15, 0.2) is 0 Å². The van der Waals surface area contributed by atoms with Crippen molar-refractivity contribution in [2.45, 2.75) is 97.7 Å². The van der Waals surface area contributed by atoms with E-state index in [1.54, 1.807) is 63.4 Å². The summed E-state index contributed by atoms with van der Waals surface area (Å²) >= 11 is 0. The van der Waals surface area contributed by atoms with E-state index in [0.717, 1.165) is 23.8 Å². The van der Waals surface area contributed by atoms with Gasteiger partial charge in [0, 0.05) is 42.7 Å². The number of esters is 1. The highest BCUT2D eigenvalue weighted by Crippen LogP contribution is 2.41. The van der Waals surface area contributed by atoms with E-state index in [-0.39, 0.29) is 31.7 Å². The first-order chi connectivity index (χ1) is 30.1. The van der Waals surface area contributed by atoms with Crippen LogP contribution >= 0.6 is 0 Å². The average molecular weight is 889 g/mol. The SMILES string of the molecule is CC(C)(C)OC(=O)C[C@H](NC(=O)OCc1ccccc1)C(=O)N[C@@H](CC(N)=O)C(=O)NCCCN(C(=O)CO)[C@@H](c1cc(-c2cc(F)ccc2F)cn1Cc1ccccc1)C(C)(C)C. The Hall–Kier alpha value is -6.62. The molecule has 3 atom stereocenters. The fourth-order valence-electron chi connectivity index (χ4n) is 7.03. The van der Waals surface area contributed by atoms with Gasteiger partial charge in [0.1, 0.15) is 42.5 Å². The molecule has 15 nitrogen and oxygen atoms in total. The fourth-order valence-corrected chi connectivity index (χ4v) is 7.03.